The molecule has 2 saturated heterocycles. The van der Waals surface area contributed by atoms with Crippen LogP contribution in [0.3, 0.4) is 0 Å². The van der Waals surface area contributed by atoms with Gasteiger partial charge in [0.15, 0.2) is 0 Å². The first kappa shape index (κ1) is 20.1. The predicted molar refractivity (Wildman–Crippen MR) is 110 cm³/mol. The van der Waals surface area contributed by atoms with E-state index in [-0.39, 0.29) is 11.3 Å². The number of ether oxygens (including phenoxy) is 1. The van der Waals surface area contributed by atoms with Crippen molar-refractivity contribution in [3.8, 4) is 0 Å². The van der Waals surface area contributed by atoms with E-state index < -0.39 is 0 Å². The van der Waals surface area contributed by atoms with Crippen LogP contribution < -0.4 is 10.2 Å². The molecule has 2 heterocycles. The largest absolute Gasteiger partial charge is 0.379 e. The number of nitrogens with one attached hydrogen (secondary N) is 1. The zero-order chi connectivity index (χ0) is 19.3. The van der Waals surface area contributed by atoms with Gasteiger partial charge in [-0.1, -0.05) is 20.8 Å². The maximum atomic E-state index is 12.1. The number of hydrogen-bond donors (Lipinski definition) is 1. The molecule has 6 nitrogen and oxygen atoms in total. The van der Waals surface area contributed by atoms with Gasteiger partial charge in [-0.15, -0.1) is 0 Å². The van der Waals surface area contributed by atoms with Gasteiger partial charge in [0, 0.05) is 69.1 Å². The summed E-state index contributed by atoms with van der Waals surface area (Å²) in [6, 6.07) is 8.23. The molecule has 27 heavy (non-hydrogen) atoms. The second kappa shape index (κ2) is 9.04. The van der Waals surface area contributed by atoms with Crippen LogP contribution in [-0.2, 0) is 9.53 Å². The first-order valence-corrected chi connectivity index (χ1v) is 10.1. The molecule has 0 aromatic heterocycles. The lowest BCUT2D eigenvalue weighted by Crippen LogP contribution is -2.49. The highest BCUT2D eigenvalue weighted by molar-refractivity contribution is 5.94. The molecule has 0 saturated carbocycles. The van der Waals surface area contributed by atoms with Crippen molar-refractivity contribution in [3.63, 3.8) is 0 Å². The van der Waals surface area contributed by atoms with E-state index in [0.717, 1.165) is 71.3 Å². The highest BCUT2D eigenvalue weighted by atomic mass is 16.5. The van der Waals surface area contributed by atoms with Crippen molar-refractivity contribution in [2.75, 3.05) is 75.8 Å². The lowest BCUT2D eigenvalue weighted by Gasteiger charge is -2.37. The molecule has 1 aromatic rings. The summed E-state index contributed by atoms with van der Waals surface area (Å²) in [7, 11) is 0. The Balaban J connectivity index is 1.43. The van der Waals surface area contributed by atoms with Gasteiger partial charge in [-0.25, -0.2) is 0 Å². The summed E-state index contributed by atoms with van der Waals surface area (Å²) in [4.78, 5) is 19.6. The molecule has 6 heteroatoms. The Hall–Kier alpha value is -1.63. The number of piperazine rings is 1. The number of hydrogen-bond acceptors (Lipinski definition) is 5. The third kappa shape index (κ3) is 5.92. The molecule has 0 spiro atoms. The highest BCUT2D eigenvalue weighted by Crippen LogP contribution is 2.22. The molecule has 2 aliphatic rings. The first-order valence-electron chi connectivity index (χ1n) is 10.1. The van der Waals surface area contributed by atoms with E-state index in [0.29, 0.717) is 0 Å². The number of carbonyl (C=O) groups is 1. The minimum absolute atomic E-state index is 0.0455. The summed E-state index contributed by atoms with van der Waals surface area (Å²) in [5.74, 6) is 0.0455. The Labute approximate surface area is 163 Å². The van der Waals surface area contributed by atoms with E-state index in [1.807, 2.05) is 32.9 Å². The summed E-state index contributed by atoms with van der Waals surface area (Å²) >= 11 is 0. The molecule has 1 amide bonds. The van der Waals surface area contributed by atoms with Crippen molar-refractivity contribution in [1.29, 1.82) is 0 Å². The lowest BCUT2D eigenvalue weighted by atomic mass is 9.95. The molecule has 0 unspecified atom stereocenters. The van der Waals surface area contributed by atoms with Crippen molar-refractivity contribution in [3.05, 3.63) is 24.3 Å². The topological polar surface area (TPSA) is 48.1 Å². The number of amides is 1. The molecule has 0 radical (unpaired) electrons. The molecule has 1 N–H and O–H groups in total. The van der Waals surface area contributed by atoms with Crippen LogP contribution in [0.15, 0.2) is 24.3 Å². The quantitative estimate of drug-likeness (QED) is 0.856. The van der Waals surface area contributed by atoms with E-state index in [1.165, 1.54) is 5.69 Å². The van der Waals surface area contributed by atoms with E-state index in [4.69, 9.17) is 4.74 Å². The van der Waals surface area contributed by atoms with Gasteiger partial charge >= 0.3 is 0 Å². The summed E-state index contributed by atoms with van der Waals surface area (Å²) in [5.41, 5.74) is 1.72. The Morgan fingerprint density at radius 3 is 2.04 bits per heavy atom. The van der Waals surface area contributed by atoms with Gasteiger partial charge in [-0.2, -0.15) is 0 Å². The van der Waals surface area contributed by atoms with Crippen LogP contribution in [0.25, 0.3) is 0 Å². The third-order valence-corrected chi connectivity index (χ3v) is 5.38. The van der Waals surface area contributed by atoms with E-state index in [2.05, 4.69) is 32.1 Å². The fraction of sp³-hybridized carbons (Fsp3) is 0.667. The van der Waals surface area contributed by atoms with Crippen molar-refractivity contribution in [2.45, 2.75) is 20.8 Å². The lowest BCUT2D eigenvalue weighted by molar-refractivity contribution is -0.123. The van der Waals surface area contributed by atoms with Crippen LogP contribution in [0.4, 0.5) is 11.4 Å². The predicted octanol–water partition coefficient (Wildman–Crippen LogP) is 2.13. The molecule has 0 bridgehead atoms. The molecule has 0 atom stereocenters. The van der Waals surface area contributed by atoms with Crippen LogP contribution in [0.1, 0.15) is 20.8 Å². The summed E-state index contributed by atoms with van der Waals surface area (Å²) in [6.07, 6.45) is 0. The summed E-state index contributed by atoms with van der Waals surface area (Å²) in [6.45, 7) is 16.3. The van der Waals surface area contributed by atoms with E-state index in [9.17, 15) is 4.79 Å². The molecular weight excluding hydrogens is 340 g/mol. The number of anilines is 2. The molecule has 0 aliphatic carbocycles. The number of morpholine rings is 1. The van der Waals surface area contributed by atoms with Crippen LogP contribution in [0.2, 0.25) is 0 Å². The second-order valence-corrected chi connectivity index (χ2v) is 8.53. The number of nitrogens with zero attached hydrogens (tertiary/aromatic N) is 3. The fourth-order valence-electron chi connectivity index (χ4n) is 3.41. The first-order chi connectivity index (χ1) is 12.9. The van der Waals surface area contributed by atoms with E-state index >= 15 is 0 Å². The number of benzene rings is 1. The zero-order valence-corrected chi connectivity index (χ0v) is 17.0. The average molecular weight is 375 g/mol. The third-order valence-electron chi connectivity index (χ3n) is 5.38. The zero-order valence-electron chi connectivity index (χ0n) is 17.0. The Morgan fingerprint density at radius 2 is 1.48 bits per heavy atom. The minimum atomic E-state index is -0.379. The van der Waals surface area contributed by atoms with Gasteiger partial charge < -0.3 is 15.0 Å². The molecule has 1 aromatic carbocycles. The van der Waals surface area contributed by atoms with Crippen LogP contribution in [0.5, 0.6) is 0 Å². The van der Waals surface area contributed by atoms with Crippen LogP contribution in [-0.4, -0.2) is 81.3 Å². The van der Waals surface area contributed by atoms with Gasteiger partial charge in [0.05, 0.1) is 13.2 Å². The SMILES string of the molecule is CC(C)(C)C(=O)Nc1ccc(N2CCN(CCN3CCOCC3)CC2)cc1. The van der Waals surface area contributed by atoms with Gasteiger partial charge in [0.25, 0.3) is 0 Å². The second-order valence-electron chi connectivity index (χ2n) is 8.53. The van der Waals surface area contributed by atoms with Crippen molar-refractivity contribution >= 4 is 17.3 Å². The summed E-state index contributed by atoms with van der Waals surface area (Å²) < 4.78 is 5.42. The van der Waals surface area contributed by atoms with E-state index in [1.54, 1.807) is 0 Å². The monoisotopic (exact) mass is 374 g/mol. The summed E-state index contributed by atoms with van der Waals surface area (Å²) in [5, 5.41) is 2.99. The van der Waals surface area contributed by atoms with Gasteiger partial charge in [-0.3, -0.25) is 14.6 Å². The van der Waals surface area contributed by atoms with Crippen LogP contribution >= 0.6 is 0 Å². The molecule has 3 rings (SSSR count). The fourth-order valence-corrected chi connectivity index (χ4v) is 3.41. The van der Waals surface area contributed by atoms with Gasteiger partial charge in [0.1, 0.15) is 0 Å². The minimum Gasteiger partial charge on any atom is -0.379 e. The van der Waals surface area contributed by atoms with Crippen molar-refractivity contribution in [2.24, 2.45) is 5.41 Å². The van der Waals surface area contributed by atoms with Crippen molar-refractivity contribution in [1.82, 2.24) is 9.80 Å². The average Bonchev–Trinajstić information content (AvgIpc) is 2.67. The van der Waals surface area contributed by atoms with Crippen LogP contribution in [0, 0.1) is 5.41 Å². The Bertz CT molecular complexity index is 598. The standard InChI is InChI=1S/C21H34N4O2/c1-21(2,3)20(26)22-18-4-6-19(7-5-18)25-12-10-23(11-13-25)8-9-24-14-16-27-17-15-24/h4-7H,8-17H2,1-3H3,(H,22,26). The number of carbonyl (C=O) groups excluding carboxylic acids is 1. The number of rotatable bonds is 5. The Kier molecular flexibility index (Phi) is 6.73. The molecule has 150 valence electrons. The highest BCUT2D eigenvalue weighted by Gasteiger charge is 2.22. The smallest absolute Gasteiger partial charge is 0.229 e. The Morgan fingerprint density at radius 1 is 0.926 bits per heavy atom. The maximum absolute atomic E-state index is 12.1. The van der Waals surface area contributed by atoms with Gasteiger partial charge in [-0.05, 0) is 24.3 Å². The van der Waals surface area contributed by atoms with Crippen molar-refractivity contribution < 1.29 is 9.53 Å². The molecule has 2 aliphatic heterocycles. The molecule has 2 fully saturated rings. The normalized spacial score (nSPS) is 19.9. The van der Waals surface area contributed by atoms with Gasteiger partial charge in [0.2, 0.25) is 5.91 Å². The maximum Gasteiger partial charge on any atom is 0.229 e. The molecular formula is C21H34N4O2.